The van der Waals surface area contributed by atoms with Crippen molar-refractivity contribution >= 4 is 44.3 Å². The van der Waals surface area contributed by atoms with Gasteiger partial charge in [-0.05, 0) is 80.7 Å². The molecule has 2 aliphatic rings. The normalized spacial score (nSPS) is 20.9. The molecule has 1 heterocycles. The van der Waals surface area contributed by atoms with Crippen molar-refractivity contribution in [2.45, 2.75) is 49.5 Å². The van der Waals surface area contributed by atoms with E-state index in [-0.39, 0.29) is 4.90 Å². The van der Waals surface area contributed by atoms with Crippen molar-refractivity contribution in [2.75, 3.05) is 23.7 Å². The second kappa shape index (κ2) is 10.1. The first-order chi connectivity index (χ1) is 16.5. The maximum absolute atomic E-state index is 12.5. The van der Waals surface area contributed by atoms with Crippen molar-refractivity contribution in [2.24, 2.45) is 11.8 Å². The van der Waals surface area contributed by atoms with Crippen LogP contribution in [0.25, 0.3) is 10.9 Å². The van der Waals surface area contributed by atoms with Crippen LogP contribution in [0.3, 0.4) is 0 Å². The predicted molar refractivity (Wildman–Crippen MR) is 137 cm³/mol. The largest absolute Gasteiger partial charge is 0.367 e. The summed E-state index contributed by atoms with van der Waals surface area (Å²) in [6.45, 7) is 1.28. The Morgan fingerprint density at radius 3 is 2.35 bits per heavy atom. The highest BCUT2D eigenvalue weighted by molar-refractivity contribution is 7.89. The second-order valence-corrected chi connectivity index (χ2v) is 11.6. The molecule has 2 fully saturated rings. The second-order valence-electron chi connectivity index (χ2n) is 9.41. The fourth-order valence-electron chi connectivity index (χ4n) is 4.51. The van der Waals surface area contributed by atoms with Gasteiger partial charge >= 0.3 is 0 Å². The molecule has 0 amide bonds. The number of rotatable bonds is 9. The minimum atomic E-state index is -3.54. The van der Waals surface area contributed by atoms with E-state index in [9.17, 15) is 8.42 Å². The fourth-order valence-corrected chi connectivity index (χ4v) is 5.92. The zero-order valence-electron chi connectivity index (χ0n) is 19.0. The van der Waals surface area contributed by atoms with Gasteiger partial charge in [-0.3, -0.25) is 0 Å². The third-order valence-electron chi connectivity index (χ3n) is 6.71. The van der Waals surface area contributed by atoms with Crippen LogP contribution >= 0.6 is 11.6 Å². The van der Waals surface area contributed by atoms with E-state index in [0.717, 1.165) is 48.9 Å². The molecule has 3 N–H and O–H groups in total. The summed E-state index contributed by atoms with van der Waals surface area (Å²) in [5, 5.41) is 8.46. The third-order valence-corrected chi connectivity index (χ3v) is 8.36. The number of fused-ring (bicyclic) bond motifs is 1. The summed E-state index contributed by atoms with van der Waals surface area (Å²) in [5.74, 6) is 2.44. The molecule has 2 aliphatic carbocycles. The Balaban J connectivity index is 1.12. The molecule has 34 heavy (non-hydrogen) atoms. The Morgan fingerprint density at radius 2 is 1.62 bits per heavy atom. The summed E-state index contributed by atoms with van der Waals surface area (Å²) in [6.07, 6.45) is 6.49. The summed E-state index contributed by atoms with van der Waals surface area (Å²) < 4.78 is 27.8. The molecule has 2 aromatic carbocycles. The number of nitrogens with one attached hydrogen (secondary N) is 3. The van der Waals surface area contributed by atoms with Crippen LogP contribution in [0.4, 0.5) is 11.8 Å². The van der Waals surface area contributed by atoms with Crippen molar-refractivity contribution in [1.82, 2.24) is 14.7 Å². The van der Waals surface area contributed by atoms with Crippen molar-refractivity contribution in [3.8, 4) is 0 Å². The quantitative estimate of drug-likeness (QED) is 0.381. The van der Waals surface area contributed by atoms with E-state index in [1.165, 1.54) is 18.9 Å². The molecule has 9 heteroatoms. The number of benzene rings is 2. The molecular formula is C25H30ClN5O2S. The number of halogens is 1. The monoisotopic (exact) mass is 499 g/mol. The SMILES string of the molecule is O=S(=O)(NC[C@H]1CC[C@H](CNc2nc(NC3CC3)c3ccccc3n2)CC1)c1cccc(Cl)c1. The standard InChI is InChI=1S/C25H30ClN5O2S/c26-19-4-3-5-21(14-19)34(32,33)28-16-18-10-8-17(9-11-18)15-27-25-30-23-7-2-1-6-22(23)24(31-25)29-20-12-13-20/h1-7,14,17-18,20,28H,8-13,15-16H2,(H2,27,29,30,31)/t17-,18-. The van der Waals surface area contributed by atoms with E-state index in [1.807, 2.05) is 18.2 Å². The van der Waals surface area contributed by atoms with E-state index in [0.29, 0.717) is 35.4 Å². The topological polar surface area (TPSA) is 96.0 Å². The number of aromatic nitrogens is 2. The zero-order valence-corrected chi connectivity index (χ0v) is 20.6. The number of para-hydroxylation sites is 1. The smallest absolute Gasteiger partial charge is 0.240 e. The summed E-state index contributed by atoms with van der Waals surface area (Å²) in [5.41, 5.74) is 0.943. The molecular weight excluding hydrogens is 470 g/mol. The molecule has 1 aromatic heterocycles. The molecule has 0 bridgehead atoms. The van der Waals surface area contributed by atoms with Gasteiger partial charge in [0, 0.05) is 29.5 Å². The molecule has 3 aromatic rings. The predicted octanol–water partition coefficient (Wildman–Crippen LogP) is 5.05. The van der Waals surface area contributed by atoms with E-state index < -0.39 is 10.0 Å². The van der Waals surface area contributed by atoms with E-state index in [2.05, 4.69) is 21.4 Å². The van der Waals surface area contributed by atoms with Gasteiger partial charge in [0.15, 0.2) is 0 Å². The maximum atomic E-state index is 12.5. The minimum Gasteiger partial charge on any atom is -0.367 e. The maximum Gasteiger partial charge on any atom is 0.240 e. The van der Waals surface area contributed by atoms with Crippen LogP contribution in [0.15, 0.2) is 53.4 Å². The van der Waals surface area contributed by atoms with Crippen LogP contribution in [-0.2, 0) is 10.0 Å². The molecule has 180 valence electrons. The number of hydrogen-bond acceptors (Lipinski definition) is 6. The lowest BCUT2D eigenvalue weighted by molar-refractivity contribution is 0.284. The highest BCUT2D eigenvalue weighted by atomic mass is 35.5. The van der Waals surface area contributed by atoms with Crippen molar-refractivity contribution in [3.05, 3.63) is 53.6 Å². The first-order valence-corrected chi connectivity index (χ1v) is 13.8. The lowest BCUT2D eigenvalue weighted by Crippen LogP contribution is -2.32. The lowest BCUT2D eigenvalue weighted by Gasteiger charge is -2.28. The first kappa shape index (κ1) is 23.3. The van der Waals surface area contributed by atoms with Gasteiger partial charge in [-0.25, -0.2) is 18.1 Å². The minimum absolute atomic E-state index is 0.212. The van der Waals surface area contributed by atoms with E-state index in [4.69, 9.17) is 21.6 Å². The van der Waals surface area contributed by atoms with Gasteiger partial charge in [-0.1, -0.05) is 29.8 Å². The zero-order chi connectivity index (χ0) is 23.5. The Bertz CT molecular complexity index is 1260. The highest BCUT2D eigenvalue weighted by Crippen LogP contribution is 2.31. The lowest BCUT2D eigenvalue weighted by atomic mass is 9.82. The van der Waals surface area contributed by atoms with Crippen molar-refractivity contribution < 1.29 is 8.42 Å². The molecule has 5 rings (SSSR count). The van der Waals surface area contributed by atoms with Gasteiger partial charge in [0.25, 0.3) is 0 Å². The highest BCUT2D eigenvalue weighted by Gasteiger charge is 2.25. The van der Waals surface area contributed by atoms with Gasteiger partial charge in [0.1, 0.15) is 5.82 Å². The van der Waals surface area contributed by atoms with Gasteiger partial charge in [-0.2, -0.15) is 4.98 Å². The van der Waals surface area contributed by atoms with Crippen LogP contribution in [0.2, 0.25) is 5.02 Å². The van der Waals surface area contributed by atoms with Crippen LogP contribution in [-0.4, -0.2) is 37.5 Å². The summed E-state index contributed by atoms with van der Waals surface area (Å²) >= 11 is 5.94. The fraction of sp³-hybridized carbons (Fsp3) is 0.440. The van der Waals surface area contributed by atoms with Crippen LogP contribution in [0.5, 0.6) is 0 Å². The Kier molecular flexibility index (Phi) is 6.90. The summed E-state index contributed by atoms with van der Waals surface area (Å²) in [4.78, 5) is 9.67. The summed E-state index contributed by atoms with van der Waals surface area (Å²) in [6, 6.07) is 15.0. The van der Waals surface area contributed by atoms with Gasteiger partial charge < -0.3 is 10.6 Å². The van der Waals surface area contributed by atoms with Crippen LogP contribution in [0.1, 0.15) is 38.5 Å². The van der Waals surface area contributed by atoms with Gasteiger partial charge in [0.2, 0.25) is 16.0 Å². The Hall–Kier alpha value is -2.42. The summed E-state index contributed by atoms with van der Waals surface area (Å²) in [7, 11) is -3.54. The number of anilines is 2. The molecule has 0 radical (unpaired) electrons. The molecule has 7 nitrogen and oxygen atoms in total. The average Bonchev–Trinajstić information content (AvgIpc) is 3.66. The van der Waals surface area contributed by atoms with E-state index >= 15 is 0 Å². The van der Waals surface area contributed by atoms with Crippen LogP contribution < -0.4 is 15.4 Å². The molecule has 0 spiro atoms. The Labute approximate surface area is 205 Å². The molecule has 2 saturated carbocycles. The van der Waals surface area contributed by atoms with Crippen LogP contribution in [0, 0.1) is 11.8 Å². The third kappa shape index (κ3) is 5.79. The van der Waals surface area contributed by atoms with Crippen molar-refractivity contribution in [1.29, 1.82) is 0 Å². The molecule has 0 aliphatic heterocycles. The van der Waals surface area contributed by atoms with Gasteiger partial charge in [0.05, 0.1) is 10.4 Å². The average molecular weight is 500 g/mol. The van der Waals surface area contributed by atoms with Gasteiger partial charge in [-0.15, -0.1) is 0 Å². The van der Waals surface area contributed by atoms with Crippen molar-refractivity contribution in [3.63, 3.8) is 0 Å². The molecule has 0 unspecified atom stereocenters. The number of nitrogens with zero attached hydrogens (tertiary/aromatic N) is 2. The first-order valence-electron chi connectivity index (χ1n) is 12.0. The number of hydrogen-bond donors (Lipinski definition) is 3. The molecule has 0 saturated heterocycles. The molecule has 0 atom stereocenters. The number of sulfonamides is 1. The Morgan fingerprint density at radius 1 is 0.882 bits per heavy atom. The van der Waals surface area contributed by atoms with E-state index in [1.54, 1.807) is 18.2 Å².